The molecule has 22 heavy (non-hydrogen) atoms. The number of carbonyl (C=O) groups excluding carboxylic acids is 1. The largest absolute Gasteiger partial charge is 0.497 e. The van der Waals surface area contributed by atoms with Crippen molar-refractivity contribution in [2.75, 3.05) is 20.2 Å². The fourth-order valence-corrected chi connectivity index (χ4v) is 3.28. The number of thiazole rings is 1. The number of hydrogen-bond acceptors (Lipinski definition) is 5. The van der Waals surface area contributed by atoms with Crippen molar-refractivity contribution in [2.45, 2.75) is 18.9 Å². The van der Waals surface area contributed by atoms with Crippen molar-refractivity contribution in [1.29, 1.82) is 0 Å². The average Bonchev–Trinajstić information content (AvgIpc) is 3.06. The molecular weight excluding hydrogens is 298 g/mol. The van der Waals surface area contributed by atoms with E-state index in [1.54, 1.807) is 7.11 Å². The Hall–Kier alpha value is -1.92. The van der Waals surface area contributed by atoms with Crippen molar-refractivity contribution in [3.05, 3.63) is 35.3 Å². The molecule has 1 saturated heterocycles. The van der Waals surface area contributed by atoms with E-state index in [0.717, 1.165) is 42.3 Å². The lowest BCUT2D eigenvalue weighted by atomic mass is 10.1. The van der Waals surface area contributed by atoms with Gasteiger partial charge in [-0.15, -0.1) is 11.3 Å². The van der Waals surface area contributed by atoms with E-state index in [1.807, 2.05) is 29.6 Å². The molecule has 1 aromatic heterocycles. The van der Waals surface area contributed by atoms with Crippen molar-refractivity contribution in [3.63, 3.8) is 0 Å². The number of amides is 1. The quantitative estimate of drug-likeness (QED) is 0.908. The van der Waals surface area contributed by atoms with Crippen LogP contribution in [0.4, 0.5) is 0 Å². The molecule has 2 aromatic rings. The first-order valence-electron chi connectivity index (χ1n) is 7.38. The second-order valence-corrected chi connectivity index (χ2v) is 6.12. The number of carbonyl (C=O) groups is 1. The van der Waals surface area contributed by atoms with E-state index in [2.05, 4.69) is 15.6 Å². The zero-order chi connectivity index (χ0) is 15.4. The molecule has 0 radical (unpaired) electrons. The molecule has 3 rings (SSSR count). The van der Waals surface area contributed by atoms with Gasteiger partial charge in [-0.05, 0) is 50.2 Å². The molecule has 2 heterocycles. The SMILES string of the molecule is COc1ccc(-c2nc(C(=O)NC3CCNCC3)cs2)cc1. The van der Waals surface area contributed by atoms with E-state index >= 15 is 0 Å². The lowest BCUT2D eigenvalue weighted by Crippen LogP contribution is -2.42. The van der Waals surface area contributed by atoms with Crippen molar-refractivity contribution in [2.24, 2.45) is 0 Å². The molecular formula is C16H19N3O2S. The highest BCUT2D eigenvalue weighted by Crippen LogP contribution is 2.25. The van der Waals surface area contributed by atoms with Crippen LogP contribution in [0, 0.1) is 0 Å². The van der Waals surface area contributed by atoms with Crippen molar-refractivity contribution < 1.29 is 9.53 Å². The number of piperidine rings is 1. The van der Waals surface area contributed by atoms with Gasteiger partial charge in [0.05, 0.1) is 7.11 Å². The second-order valence-electron chi connectivity index (χ2n) is 5.26. The van der Waals surface area contributed by atoms with Crippen LogP contribution in [0.2, 0.25) is 0 Å². The third kappa shape index (κ3) is 3.45. The maximum absolute atomic E-state index is 12.3. The first-order valence-corrected chi connectivity index (χ1v) is 8.26. The number of aromatic nitrogens is 1. The molecule has 0 aliphatic carbocycles. The maximum atomic E-state index is 12.3. The minimum absolute atomic E-state index is 0.0806. The zero-order valence-electron chi connectivity index (χ0n) is 12.5. The summed E-state index contributed by atoms with van der Waals surface area (Å²) < 4.78 is 5.15. The Labute approximate surface area is 133 Å². The number of ether oxygens (including phenoxy) is 1. The Balaban J connectivity index is 1.68. The van der Waals surface area contributed by atoms with Crippen LogP contribution in [0.3, 0.4) is 0 Å². The summed E-state index contributed by atoms with van der Waals surface area (Å²) >= 11 is 1.48. The molecule has 0 bridgehead atoms. The third-order valence-electron chi connectivity index (χ3n) is 3.75. The molecule has 1 aromatic carbocycles. The fraction of sp³-hybridized carbons (Fsp3) is 0.375. The summed E-state index contributed by atoms with van der Waals surface area (Å²) in [5.41, 5.74) is 1.49. The molecule has 6 heteroatoms. The van der Waals surface area contributed by atoms with Crippen LogP contribution >= 0.6 is 11.3 Å². The standard InChI is InChI=1S/C16H19N3O2S/c1-21-13-4-2-11(3-5-13)16-19-14(10-22-16)15(20)18-12-6-8-17-9-7-12/h2-5,10,12,17H,6-9H2,1H3,(H,18,20). The van der Waals surface area contributed by atoms with Crippen molar-refractivity contribution in [1.82, 2.24) is 15.6 Å². The van der Waals surface area contributed by atoms with Crippen molar-refractivity contribution in [3.8, 4) is 16.3 Å². The Morgan fingerprint density at radius 1 is 1.32 bits per heavy atom. The minimum Gasteiger partial charge on any atom is -0.497 e. The summed E-state index contributed by atoms with van der Waals surface area (Å²) in [7, 11) is 1.64. The molecule has 0 spiro atoms. The smallest absolute Gasteiger partial charge is 0.270 e. The monoisotopic (exact) mass is 317 g/mol. The fourth-order valence-electron chi connectivity index (χ4n) is 2.47. The van der Waals surface area contributed by atoms with Crippen LogP contribution in [0.1, 0.15) is 23.3 Å². The van der Waals surface area contributed by atoms with Crippen LogP contribution in [-0.2, 0) is 0 Å². The normalized spacial score (nSPS) is 15.5. The highest BCUT2D eigenvalue weighted by Gasteiger charge is 2.18. The van der Waals surface area contributed by atoms with E-state index in [0.29, 0.717) is 5.69 Å². The summed E-state index contributed by atoms with van der Waals surface area (Å²) in [6.45, 7) is 1.91. The minimum atomic E-state index is -0.0806. The Kier molecular flexibility index (Phi) is 4.70. The zero-order valence-corrected chi connectivity index (χ0v) is 13.3. The summed E-state index contributed by atoms with van der Waals surface area (Å²) in [5.74, 6) is 0.729. The summed E-state index contributed by atoms with van der Waals surface area (Å²) in [5, 5.41) is 9.01. The van der Waals surface area contributed by atoms with Gasteiger partial charge >= 0.3 is 0 Å². The van der Waals surface area contributed by atoms with E-state index in [1.165, 1.54) is 11.3 Å². The Bertz CT molecular complexity index is 633. The van der Waals surface area contributed by atoms with E-state index in [-0.39, 0.29) is 11.9 Å². The van der Waals surface area contributed by atoms with Gasteiger partial charge in [-0.1, -0.05) is 0 Å². The van der Waals surface area contributed by atoms with Gasteiger partial charge in [-0.25, -0.2) is 4.98 Å². The van der Waals surface area contributed by atoms with E-state index < -0.39 is 0 Å². The van der Waals surface area contributed by atoms with Gasteiger partial charge in [-0.3, -0.25) is 4.79 Å². The van der Waals surface area contributed by atoms with Crippen LogP contribution < -0.4 is 15.4 Å². The number of nitrogens with one attached hydrogen (secondary N) is 2. The number of methoxy groups -OCH3 is 1. The van der Waals surface area contributed by atoms with Crippen LogP contribution in [0.25, 0.3) is 10.6 Å². The predicted molar refractivity (Wildman–Crippen MR) is 87.5 cm³/mol. The van der Waals surface area contributed by atoms with Gasteiger partial charge in [0.25, 0.3) is 5.91 Å². The number of rotatable bonds is 4. The van der Waals surface area contributed by atoms with E-state index in [4.69, 9.17) is 4.74 Å². The van der Waals surface area contributed by atoms with Crippen LogP contribution in [0.15, 0.2) is 29.6 Å². The van der Waals surface area contributed by atoms with E-state index in [9.17, 15) is 4.79 Å². The summed E-state index contributed by atoms with van der Waals surface area (Å²) in [4.78, 5) is 16.7. The summed E-state index contributed by atoms with van der Waals surface area (Å²) in [6, 6.07) is 7.94. The van der Waals surface area contributed by atoms with Gasteiger partial charge in [0.15, 0.2) is 0 Å². The highest BCUT2D eigenvalue weighted by atomic mass is 32.1. The number of hydrogen-bond donors (Lipinski definition) is 2. The molecule has 0 unspecified atom stereocenters. The van der Waals surface area contributed by atoms with Gasteiger partial charge in [0, 0.05) is 17.0 Å². The molecule has 0 saturated carbocycles. The predicted octanol–water partition coefficient (Wildman–Crippen LogP) is 2.30. The molecule has 1 fully saturated rings. The lowest BCUT2D eigenvalue weighted by molar-refractivity contribution is 0.0925. The highest BCUT2D eigenvalue weighted by molar-refractivity contribution is 7.13. The van der Waals surface area contributed by atoms with Crippen LogP contribution in [-0.4, -0.2) is 37.1 Å². The van der Waals surface area contributed by atoms with Gasteiger partial charge in [0.2, 0.25) is 0 Å². The van der Waals surface area contributed by atoms with Gasteiger partial charge in [0.1, 0.15) is 16.5 Å². The molecule has 2 N–H and O–H groups in total. The van der Waals surface area contributed by atoms with Crippen molar-refractivity contribution >= 4 is 17.2 Å². The van der Waals surface area contributed by atoms with Gasteiger partial charge in [-0.2, -0.15) is 0 Å². The topological polar surface area (TPSA) is 63.2 Å². The molecule has 1 aliphatic heterocycles. The second kappa shape index (κ2) is 6.89. The number of nitrogens with zero attached hydrogens (tertiary/aromatic N) is 1. The summed E-state index contributed by atoms with van der Waals surface area (Å²) in [6.07, 6.45) is 1.95. The Morgan fingerprint density at radius 2 is 2.05 bits per heavy atom. The maximum Gasteiger partial charge on any atom is 0.270 e. The average molecular weight is 317 g/mol. The lowest BCUT2D eigenvalue weighted by Gasteiger charge is -2.23. The molecule has 5 nitrogen and oxygen atoms in total. The molecule has 116 valence electrons. The molecule has 1 aliphatic rings. The first-order chi connectivity index (χ1) is 10.8. The first kappa shape index (κ1) is 15.0. The Morgan fingerprint density at radius 3 is 2.73 bits per heavy atom. The molecule has 1 amide bonds. The number of benzene rings is 1. The van der Waals surface area contributed by atoms with Crippen LogP contribution in [0.5, 0.6) is 5.75 Å². The third-order valence-corrected chi connectivity index (χ3v) is 4.64. The molecule has 0 atom stereocenters. The van der Waals surface area contributed by atoms with Gasteiger partial charge < -0.3 is 15.4 Å².